The maximum atomic E-state index is 10.0. The summed E-state index contributed by atoms with van der Waals surface area (Å²) in [5.41, 5.74) is 1.81. The highest BCUT2D eigenvalue weighted by Crippen LogP contribution is 2.17. The third-order valence-corrected chi connectivity index (χ3v) is 1.98. The predicted molar refractivity (Wildman–Crippen MR) is 49.0 cm³/mol. The second-order valence-corrected chi connectivity index (χ2v) is 3.10. The summed E-state index contributed by atoms with van der Waals surface area (Å²) >= 11 is 2.05. The van der Waals surface area contributed by atoms with Gasteiger partial charge in [-0.3, -0.25) is 0 Å². The Labute approximate surface area is 82.5 Å². The first-order valence-electron chi connectivity index (χ1n) is 3.10. The van der Waals surface area contributed by atoms with Crippen molar-refractivity contribution in [1.82, 2.24) is 5.59 Å². The van der Waals surface area contributed by atoms with E-state index in [9.17, 15) is 5.21 Å². The van der Waals surface area contributed by atoms with Crippen molar-refractivity contribution in [3.8, 4) is 5.75 Å². The maximum absolute atomic E-state index is 10.0. The van der Waals surface area contributed by atoms with Gasteiger partial charge in [0, 0.05) is 5.59 Å². The Kier molecular flexibility index (Phi) is 3.69. The Bertz CT molecular complexity index is 256. The van der Waals surface area contributed by atoms with Gasteiger partial charge in [0.15, 0.2) is 5.75 Å². The summed E-state index contributed by atoms with van der Waals surface area (Å²) in [6, 6.07) is 7.10. The van der Waals surface area contributed by atoms with Crippen LogP contribution in [0.25, 0.3) is 0 Å². The SMILES string of the molecule is [O-][NH+](O)NOc1ccccc1I. The van der Waals surface area contributed by atoms with Crippen LogP contribution in [0.1, 0.15) is 0 Å². The van der Waals surface area contributed by atoms with Crippen molar-refractivity contribution >= 4 is 22.6 Å². The summed E-state index contributed by atoms with van der Waals surface area (Å²) in [6.07, 6.45) is 0. The molecule has 3 N–H and O–H groups in total. The van der Waals surface area contributed by atoms with E-state index in [-0.39, 0.29) is 0 Å². The molecule has 0 spiro atoms. The Hall–Kier alpha value is -0.410. The summed E-state index contributed by atoms with van der Waals surface area (Å²) < 4.78 is 0.851. The molecule has 0 bridgehead atoms. The van der Waals surface area contributed by atoms with Gasteiger partial charge in [-0.15, -0.1) is 5.34 Å². The van der Waals surface area contributed by atoms with Crippen LogP contribution in [0.5, 0.6) is 5.75 Å². The molecule has 1 aromatic rings. The van der Waals surface area contributed by atoms with Crippen molar-refractivity contribution < 1.29 is 15.4 Å². The second kappa shape index (κ2) is 4.58. The number of halogens is 1. The van der Waals surface area contributed by atoms with Gasteiger partial charge in [-0.25, -0.2) is 0 Å². The normalized spacial score (nSPS) is 12.6. The first-order chi connectivity index (χ1) is 5.70. The maximum Gasteiger partial charge on any atom is 0.166 e. The average molecular weight is 282 g/mol. The monoisotopic (exact) mass is 282 g/mol. The van der Waals surface area contributed by atoms with E-state index >= 15 is 0 Å². The van der Waals surface area contributed by atoms with Gasteiger partial charge in [0.1, 0.15) is 0 Å². The zero-order valence-electron chi connectivity index (χ0n) is 5.95. The standard InChI is InChI=1S/C6H7IN2O3/c7-5-3-1-2-4-6(5)12-8-9(10)11/h1-4,8-10H. The van der Waals surface area contributed by atoms with Gasteiger partial charge >= 0.3 is 0 Å². The molecule has 1 aromatic carbocycles. The van der Waals surface area contributed by atoms with Crippen LogP contribution in [0.3, 0.4) is 0 Å². The molecule has 6 heteroatoms. The number of hydrogen-bond acceptors (Lipinski definition) is 4. The van der Waals surface area contributed by atoms with Crippen molar-refractivity contribution in [2.24, 2.45) is 0 Å². The Balaban J connectivity index is 2.57. The zero-order chi connectivity index (χ0) is 8.97. The van der Waals surface area contributed by atoms with Crippen LogP contribution in [-0.2, 0) is 0 Å². The highest BCUT2D eigenvalue weighted by Gasteiger charge is 1.99. The molecule has 0 aliphatic rings. The van der Waals surface area contributed by atoms with Crippen LogP contribution < -0.4 is 15.8 Å². The van der Waals surface area contributed by atoms with Crippen LogP contribution in [0.4, 0.5) is 0 Å². The number of hydrogen-bond donors (Lipinski definition) is 3. The lowest BCUT2D eigenvalue weighted by Gasteiger charge is -2.12. The summed E-state index contributed by atoms with van der Waals surface area (Å²) in [5, 5.41) is 17.1. The largest absolute Gasteiger partial charge is 0.577 e. The van der Waals surface area contributed by atoms with Gasteiger partial charge in [-0.2, -0.15) is 5.21 Å². The van der Waals surface area contributed by atoms with E-state index in [1.54, 1.807) is 12.1 Å². The Morgan fingerprint density at radius 1 is 1.50 bits per heavy atom. The molecular weight excluding hydrogens is 275 g/mol. The van der Waals surface area contributed by atoms with Gasteiger partial charge < -0.3 is 10.0 Å². The van der Waals surface area contributed by atoms with E-state index in [2.05, 4.69) is 0 Å². The predicted octanol–water partition coefficient (Wildman–Crippen LogP) is -0.139. The molecule has 0 saturated carbocycles. The van der Waals surface area contributed by atoms with Crippen molar-refractivity contribution in [3.63, 3.8) is 0 Å². The molecule has 0 amide bonds. The molecule has 0 heterocycles. The number of benzene rings is 1. The molecular formula is C6H7IN2O3. The highest BCUT2D eigenvalue weighted by atomic mass is 127. The number of nitrogens with one attached hydrogen (secondary N) is 2. The summed E-state index contributed by atoms with van der Waals surface area (Å²) in [7, 11) is 0. The fourth-order valence-corrected chi connectivity index (χ4v) is 1.12. The second-order valence-electron chi connectivity index (χ2n) is 1.94. The average Bonchev–Trinajstić information content (AvgIpc) is 2.03. The minimum Gasteiger partial charge on any atom is -0.577 e. The van der Waals surface area contributed by atoms with E-state index in [1.807, 2.05) is 40.3 Å². The van der Waals surface area contributed by atoms with E-state index in [1.165, 1.54) is 0 Å². The van der Waals surface area contributed by atoms with Gasteiger partial charge in [0.25, 0.3) is 0 Å². The van der Waals surface area contributed by atoms with E-state index in [0.717, 1.165) is 3.57 Å². The molecule has 5 nitrogen and oxygen atoms in total. The minimum atomic E-state index is -1.21. The van der Waals surface area contributed by atoms with Gasteiger partial charge in [0.05, 0.1) is 3.57 Å². The highest BCUT2D eigenvalue weighted by molar-refractivity contribution is 14.1. The van der Waals surface area contributed by atoms with Crippen molar-refractivity contribution in [2.75, 3.05) is 0 Å². The fourth-order valence-electron chi connectivity index (χ4n) is 0.626. The first kappa shape index (κ1) is 9.68. The molecule has 0 radical (unpaired) electrons. The summed E-state index contributed by atoms with van der Waals surface area (Å²) in [6.45, 7) is 0. The molecule has 0 aliphatic carbocycles. The molecule has 0 fully saturated rings. The van der Waals surface area contributed by atoms with Gasteiger partial charge in [0.2, 0.25) is 0 Å². The summed E-state index contributed by atoms with van der Waals surface area (Å²) in [4.78, 5) is 4.74. The van der Waals surface area contributed by atoms with E-state index < -0.39 is 5.34 Å². The number of rotatable bonds is 3. The lowest BCUT2D eigenvalue weighted by atomic mass is 10.3. The van der Waals surface area contributed by atoms with Gasteiger partial charge in [-0.1, -0.05) is 12.1 Å². The smallest absolute Gasteiger partial charge is 0.166 e. The Morgan fingerprint density at radius 2 is 2.17 bits per heavy atom. The van der Waals surface area contributed by atoms with E-state index in [0.29, 0.717) is 5.75 Å². The van der Waals surface area contributed by atoms with Crippen LogP contribution in [-0.4, -0.2) is 5.21 Å². The minimum absolute atomic E-state index is 0.500. The summed E-state index contributed by atoms with van der Waals surface area (Å²) in [5.74, 6) is 0.500. The molecule has 66 valence electrons. The van der Waals surface area contributed by atoms with Crippen LogP contribution in [0.15, 0.2) is 24.3 Å². The van der Waals surface area contributed by atoms with Gasteiger partial charge in [-0.05, 0) is 34.7 Å². The molecule has 1 atom stereocenters. The van der Waals surface area contributed by atoms with Crippen LogP contribution >= 0.6 is 22.6 Å². The Morgan fingerprint density at radius 3 is 2.75 bits per heavy atom. The number of para-hydroxylation sites is 1. The lowest BCUT2D eigenvalue weighted by Crippen LogP contribution is -3.12. The topological polar surface area (TPSA) is 69.0 Å². The quantitative estimate of drug-likeness (QED) is 0.533. The van der Waals surface area contributed by atoms with Crippen LogP contribution in [0, 0.1) is 8.78 Å². The third kappa shape index (κ3) is 2.91. The van der Waals surface area contributed by atoms with Crippen LogP contribution in [0.2, 0.25) is 0 Å². The molecule has 1 unspecified atom stereocenters. The molecule has 0 saturated heterocycles. The van der Waals surface area contributed by atoms with E-state index in [4.69, 9.17) is 10.0 Å². The molecule has 12 heavy (non-hydrogen) atoms. The van der Waals surface area contributed by atoms with Crippen molar-refractivity contribution in [2.45, 2.75) is 0 Å². The van der Waals surface area contributed by atoms with Crippen molar-refractivity contribution in [1.29, 1.82) is 0 Å². The fraction of sp³-hybridized carbons (Fsp3) is 0. The lowest BCUT2D eigenvalue weighted by molar-refractivity contribution is -1.10. The number of quaternary nitrogens is 1. The zero-order valence-corrected chi connectivity index (χ0v) is 8.11. The molecule has 1 rings (SSSR count). The molecule has 0 aromatic heterocycles. The molecule has 0 aliphatic heterocycles. The first-order valence-corrected chi connectivity index (χ1v) is 4.18. The third-order valence-electron chi connectivity index (χ3n) is 1.08. The van der Waals surface area contributed by atoms with Crippen molar-refractivity contribution in [3.05, 3.63) is 33.0 Å².